The Bertz CT molecular complexity index is 1370. The number of fused-ring (bicyclic) bond motifs is 1. The molecule has 2 saturated carbocycles. The zero-order valence-corrected chi connectivity index (χ0v) is 17.8. The van der Waals surface area contributed by atoms with Gasteiger partial charge in [-0.15, -0.1) is 0 Å². The third-order valence-corrected chi connectivity index (χ3v) is 6.67. The van der Waals surface area contributed by atoms with Gasteiger partial charge in [0.1, 0.15) is 0 Å². The van der Waals surface area contributed by atoms with Crippen molar-refractivity contribution in [2.45, 2.75) is 43.9 Å². The predicted molar refractivity (Wildman–Crippen MR) is 123 cm³/mol. The third kappa shape index (κ3) is 3.55. The van der Waals surface area contributed by atoms with E-state index in [0.29, 0.717) is 29.0 Å². The Kier molecular flexibility index (Phi) is 4.43. The van der Waals surface area contributed by atoms with Gasteiger partial charge in [0.05, 0.1) is 21.9 Å². The number of aromatic nitrogens is 3. The standard InChI is InChI=1S/C26H22ClN3O/c27-21-3-1-2-4-24(21)30-25-15-19(17-5-6-17)9-10-20(25)23(29-26(30)31)14-16-11-12-28-22(13-16)18-7-8-18/h1-4,9-13,15,17-18H,5-8,14H2. The molecule has 2 aliphatic rings. The zero-order valence-electron chi connectivity index (χ0n) is 17.1. The average molecular weight is 428 g/mol. The van der Waals surface area contributed by atoms with E-state index in [4.69, 9.17) is 11.6 Å². The van der Waals surface area contributed by atoms with E-state index < -0.39 is 0 Å². The van der Waals surface area contributed by atoms with E-state index in [1.807, 2.05) is 36.5 Å². The molecule has 0 N–H and O–H groups in total. The molecular formula is C26H22ClN3O. The van der Waals surface area contributed by atoms with E-state index in [-0.39, 0.29) is 5.69 Å². The summed E-state index contributed by atoms with van der Waals surface area (Å²) in [5.74, 6) is 1.19. The molecule has 0 amide bonds. The summed E-state index contributed by atoms with van der Waals surface area (Å²) < 4.78 is 1.66. The van der Waals surface area contributed by atoms with Crippen molar-refractivity contribution in [2.24, 2.45) is 0 Å². The van der Waals surface area contributed by atoms with Crippen molar-refractivity contribution < 1.29 is 0 Å². The number of pyridine rings is 1. The van der Waals surface area contributed by atoms with Crippen molar-refractivity contribution in [1.82, 2.24) is 14.5 Å². The van der Waals surface area contributed by atoms with Crippen LogP contribution >= 0.6 is 11.6 Å². The van der Waals surface area contributed by atoms with Gasteiger partial charge in [0.2, 0.25) is 0 Å². The summed E-state index contributed by atoms with van der Waals surface area (Å²) in [5, 5.41) is 1.54. The van der Waals surface area contributed by atoms with Gasteiger partial charge in [0.15, 0.2) is 0 Å². The molecule has 6 rings (SSSR count). The van der Waals surface area contributed by atoms with Crippen LogP contribution in [0.5, 0.6) is 0 Å². The molecule has 0 bridgehead atoms. The Morgan fingerprint density at radius 1 is 0.968 bits per heavy atom. The fourth-order valence-corrected chi connectivity index (χ4v) is 4.60. The maximum Gasteiger partial charge on any atom is 0.352 e. The predicted octanol–water partition coefficient (Wildman–Crippen LogP) is 5.78. The molecule has 154 valence electrons. The van der Waals surface area contributed by atoms with E-state index in [2.05, 4.69) is 34.2 Å². The van der Waals surface area contributed by atoms with E-state index in [1.54, 1.807) is 4.57 Å². The van der Waals surface area contributed by atoms with Crippen molar-refractivity contribution in [3.63, 3.8) is 0 Å². The molecule has 2 aliphatic carbocycles. The molecular weight excluding hydrogens is 406 g/mol. The van der Waals surface area contributed by atoms with Gasteiger partial charge in [0.25, 0.3) is 0 Å². The molecule has 5 heteroatoms. The van der Waals surface area contributed by atoms with Gasteiger partial charge >= 0.3 is 5.69 Å². The fraction of sp³-hybridized carbons (Fsp3) is 0.269. The summed E-state index contributed by atoms with van der Waals surface area (Å²) in [6, 6.07) is 18.1. The first kappa shape index (κ1) is 18.8. The Hall–Kier alpha value is -2.98. The molecule has 0 saturated heterocycles. The molecule has 2 heterocycles. The summed E-state index contributed by atoms with van der Waals surface area (Å²) in [4.78, 5) is 22.3. The molecule has 0 radical (unpaired) electrons. The van der Waals surface area contributed by atoms with Crippen molar-refractivity contribution in [3.05, 3.63) is 98.8 Å². The van der Waals surface area contributed by atoms with E-state index >= 15 is 0 Å². The van der Waals surface area contributed by atoms with Crippen LogP contribution in [0.15, 0.2) is 65.6 Å². The minimum absolute atomic E-state index is 0.292. The fourth-order valence-electron chi connectivity index (χ4n) is 4.38. The van der Waals surface area contributed by atoms with Crippen LogP contribution in [0.2, 0.25) is 5.02 Å². The lowest BCUT2D eigenvalue weighted by molar-refractivity contribution is 0.914. The molecule has 0 spiro atoms. The minimum Gasteiger partial charge on any atom is -0.261 e. The number of halogens is 1. The van der Waals surface area contributed by atoms with Gasteiger partial charge in [-0.2, -0.15) is 4.98 Å². The van der Waals surface area contributed by atoms with E-state index in [1.165, 1.54) is 31.2 Å². The highest BCUT2D eigenvalue weighted by Crippen LogP contribution is 2.41. The summed E-state index contributed by atoms with van der Waals surface area (Å²) in [7, 11) is 0. The van der Waals surface area contributed by atoms with Crippen LogP contribution in [0.25, 0.3) is 16.6 Å². The summed E-state index contributed by atoms with van der Waals surface area (Å²) >= 11 is 6.47. The maximum atomic E-state index is 13.3. The zero-order chi connectivity index (χ0) is 20.9. The first-order valence-electron chi connectivity index (χ1n) is 10.9. The number of para-hydroxylation sites is 1. The van der Waals surface area contributed by atoms with Gasteiger partial charge in [-0.3, -0.25) is 9.55 Å². The Morgan fingerprint density at radius 2 is 1.77 bits per heavy atom. The SMILES string of the molecule is O=c1nc(Cc2ccnc(C3CC3)c2)c2ccc(C3CC3)cc2n1-c1ccccc1Cl. The maximum absolute atomic E-state index is 13.3. The second kappa shape index (κ2) is 7.31. The van der Waals surface area contributed by atoms with E-state index in [9.17, 15) is 4.79 Å². The number of nitrogens with zero attached hydrogens (tertiary/aromatic N) is 3. The van der Waals surface area contributed by atoms with Crippen LogP contribution in [-0.4, -0.2) is 14.5 Å². The molecule has 0 aliphatic heterocycles. The number of rotatable bonds is 5. The van der Waals surface area contributed by atoms with Crippen LogP contribution in [0.1, 0.15) is 60.0 Å². The molecule has 2 fully saturated rings. The molecule has 0 unspecified atom stereocenters. The monoisotopic (exact) mass is 427 g/mol. The van der Waals surface area contributed by atoms with Gasteiger partial charge in [-0.25, -0.2) is 4.79 Å². The Balaban J connectivity index is 1.53. The quantitative estimate of drug-likeness (QED) is 0.405. The molecule has 4 aromatic rings. The van der Waals surface area contributed by atoms with E-state index in [0.717, 1.165) is 27.9 Å². The van der Waals surface area contributed by atoms with Crippen LogP contribution in [0.3, 0.4) is 0 Å². The van der Waals surface area contributed by atoms with Gasteiger partial charge in [-0.05, 0) is 73.1 Å². The highest BCUT2D eigenvalue weighted by molar-refractivity contribution is 6.32. The van der Waals surface area contributed by atoms with Crippen molar-refractivity contribution >= 4 is 22.5 Å². The molecule has 2 aromatic carbocycles. The number of hydrogen-bond donors (Lipinski definition) is 0. The molecule has 4 nitrogen and oxygen atoms in total. The van der Waals surface area contributed by atoms with Gasteiger partial charge in [-0.1, -0.05) is 35.9 Å². The second-order valence-corrected chi connectivity index (χ2v) is 9.13. The largest absolute Gasteiger partial charge is 0.352 e. The number of hydrogen-bond acceptors (Lipinski definition) is 3. The molecule has 2 aromatic heterocycles. The Morgan fingerprint density at radius 3 is 2.55 bits per heavy atom. The second-order valence-electron chi connectivity index (χ2n) is 8.72. The van der Waals surface area contributed by atoms with Crippen molar-refractivity contribution in [1.29, 1.82) is 0 Å². The lowest BCUT2D eigenvalue weighted by Crippen LogP contribution is -2.24. The van der Waals surface area contributed by atoms with Gasteiger partial charge < -0.3 is 0 Å². The summed E-state index contributed by atoms with van der Waals surface area (Å²) in [6.45, 7) is 0. The van der Waals surface area contributed by atoms with Crippen molar-refractivity contribution in [2.75, 3.05) is 0 Å². The molecule has 31 heavy (non-hydrogen) atoms. The minimum atomic E-state index is -0.292. The summed E-state index contributed by atoms with van der Waals surface area (Å²) in [5.41, 5.74) is 5.65. The highest BCUT2D eigenvalue weighted by atomic mass is 35.5. The normalized spacial score (nSPS) is 16.0. The lowest BCUT2D eigenvalue weighted by atomic mass is 10.0. The number of benzene rings is 2. The smallest absolute Gasteiger partial charge is 0.261 e. The first-order valence-corrected chi connectivity index (χ1v) is 11.3. The summed E-state index contributed by atoms with van der Waals surface area (Å²) in [6.07, 6.45) is 7.34. The third-order valence-electron chi connectivity index (χ3n) is 6.35. The topological polar surface area (TPSA) is 47.8 Å². The van der Waals surface area contributed by atoms with Crippen LogP contribution in [0, 0.1) is 0 Å². The van der Waals surface area contributed by atoms with Crippen LogP contribution in [-0.2, 0) is 6.42 Å². The van der Waals surface area contributed by atoms with Crippen LogP contribution < -0.4 is 5.69 Å². The first-order chi connectivity index (χ1) is 15.2. The van der Waals surface area contributed by atoms with Crippen molar-refractivity contribution in [3.8, 4) is 5.69 Å². The highest BCUT2D eigenvalue weighted by Gasteiger charge is 2.26. The van der Waals surface area contributed by atoms with Gasteiger partial charge in [0, 0.05) is 29.6 Å². The lowest BCUT2D eigenvalue weighted by Gasteiger charge is -2.15. The molecule has 0 atom stereocenters. The van der Waals surface area contributed by atoms with Crippen LogP contribution in [0.4, 0.5) is 0 Å². The Labute approximate surface area is 185 Å². The average Bonchev–Trinajstić information content (AvgIpc) is 3.68.